The number of carbonyl (C=O) groups is 3. The third kappa shape index (κ3) is 4.89. The molecule has 1 aromatic carbocycles. The molecule has 2 aromatic rings. The van der Waals surface area contributed by atoms with Crippen LogP contribution >= 0.6 is 0 Å². The van der Waals surface area contributed by atoms with Crippen LogP contribution in [0.15, 0.2) is 37.1 Å². The average Bonchev–Trinajstić information content (AvgIpc) is 3.53. The molecule has 41 heavy (non-hydrogen) atoms. The number of aliphatic hydroxyl groups is 1. The number of fused-ring (bicyclic) bond motifs is 2. The van der Waals surface area contributed by atoms with Crippen molar-refractivity contribution in [2.24, 2.45) is 5.92 Å². The molecule has 5 atom stereocenters. The van der Waals surface area contributed by atoms with Gasteiger partial charge in [0.15, 0.2) is 11.8 Å². The van der Waals surface area contributed by atoms with Gasteiger partial charge in [-0.3, -0.25) is 24.0 Å². The maximum absolute atomic E-state index is 16.1. The summed E-state index contributed by atoms with van der Waals surface area (Å²) in [6, 6.07) is 5.21. The van der Waals surface area contributed by atoms with Gasteiger partial charge in [0.25, 0.3) is 5.91 Å². The van der Waals surface area contributed by atoms with Gasteiger partial charge in [-0.15, -0.1) is 11.7 Å². The summed E-state index contributed by atoms with van der Waals surface area (Å²) in [4.78, 5) is 41.4. The van der Waals surface area contributed by atoms with Crippen LogP contribution < -0.4 is 9.80 Å². The van der Waals surface area contributed by atoms with Crippen LogP contribution in [0.2, 0.25) is 18.6 Å². The molecule has 1 spiro atoms. The third-order valence-corrected chi connectivity index (χ3v) is 10.8. The van der Waals surface area contributed by atoms with E-state index in [2.05, 4.69) is 16.9 Å². The van der Waals surface area contributed by atoms with Crippen molar-refractivity contribution in [3.8, 4) is 0 Å². The average molecular weight is 586 g/mol. The molecule has 2 amide bonds. The standard InChI is InChI=1S/C28H36FN5O6Si/c1-6-11-33-22-8-7-20(34-24(37)15-25(34)39-18(3)36)14-21(22)28(27(33)38)17(2)26(41(4,5)29)23(40-28)9-12-32-16-19(10-13-35)30-31-32/h6-8,14,16-17,23,25-26,35H,1,9-13,15H2,2-5H3/t17-,23+,25?,26-,28+/m1/s1. The number of nitrogens with zero attached hydrogens (tertiary/aromatic N) is 5. The Hall–Kier alpha value is -3.42. The lowest BCUT2D eigenvalue weighted by Crippen LogP contribution is -2.55. The first-order valence-electron chi connectivity index (χ1n) is 13.9. The van der Waals surface area contributed by atoms with E-state index in [1.165, 1.54) is 11.8 Å². The lowest BCUT2D eigenvalue weighted by molar-refractivity contribution is -0.153. The molecule has 3 aliphatic heterocycles. The Bertz CT molecular complexity index is 1380. The van der Waals surface area contributed by atoms with Gasteiger partial charge in [-0.2, -0.15) is 0 Å². The summed E-state index contributed by atoms with van der Waals surface area (Å²) in [7, 11) is -3.37. The van der Waals surface area contributed by atoms with E-state index in [-0.39, 0.29) is 31.4 Å². The molecule has 2 fully saturated rings. The Balaban J connectivity index is 1.53. The molecule has 1 N–H and O–H groups in total. The first kappa shape index (κ1) is 29.1. The zero-order valence-corrected chi connectivity index (χ0v) is 24.7. The second-order valence-corrected chi connectivity index (χ2v) is 15.2. The molecule has 0 aliphatic carbocycles. The van der Waals surface area contributed by atoms with Crippen molar-refractivity contribution in [2.45, 2.75) is 76.2 Å². The first-order chi connectivity index (χ1) is 19.4. The van der Waals surface area contributed by atoms with Gasteiger partial charge in [0.2, 0.25) is 14.3 Å². The van der Waals surface area contributed by atoms with Gasteiger partial charge < -0.3 is 23.6 Å². The SMILES string of the molecule is C=CCN1C(=O)[C@@]2(O[C@@H](CCn3cc(CCO)nn3)[C@H]([Si](C)(C)F)[C@H]2C)c2cc(N3C(=O)CC3OC(C)=O)ccc21. The van der Waals surface area contributed by atoms with Crippen LogP contribution in [0.1, 0.15) is 37.9 Å². The number of β-lactam (4-membered cyclic amide) rings is 1. The van der Waals surface area contributed by atoms with Gasteiger partial charge in [-0.05, 0) is 37.7 Å². The quantitative estimate of drug-likeness (QED) is 0.148. The van der Waals surface area contributed by atoms with Gasteiger partial charge in [-0.25, -0.2) is 0 Å². The summed E-state index contributed by atoms with van der Waals surface area (Å²) in [5.74, 6) is -1.51. The van der Waals surface area contributed by atoms with Crippen molar-refractivity contribution in [3.63, 3.8) is 0 Å². The molecule has 0 bridgehead atoms. The highest BCUT2D eigenvalue weighted by Gasteiger charge is 2.66. The Morgan fingerprint density at radius 3 is 2.76 bits per heavy atom. The number of esters is 1. The van der Waals surface area contributed by atoms with Gasteiger partial charge in [0.1, 0.15) is 0 Å². The minimum absolute atomic E-state index is 0.0381. The zero-order valence-electron chi connectivity index (χ0n) is 23.7. The number of aryl methyl sites for hydroxylation is 1. The number of carbonyl (C=O) groups excluding carboxylic acids is 3. The van der Waals surface area contributed by atoms with Gasteiger partial charge in [0, 0.05) is 61.9 Å². The molecular formula is C28H36FN5O6Si. The van der Waals surface area contributed by atoms with E-state index >= 15 is 4.11 Å². The van der Waals surface area contributed by atoms with E-state index in [9.17, 15) is 19.5 Å². The number of hydrogen-bond acceptors (Lipinski definition) is 8. The Labute approximate surface area is 239 Å². The minimum Gasteiger partial charge on any atom is -0.441 e. The van der Waals surface area contributed by atoms with E-state index < -0.39 is 43.8 Å². The van der Waals surface area contributed by atoms with Gasteiger partial charge >= 0.3 is 5.97 Å². The summed E-state index contributed by atoms with van der Waals surface area (Å²) in [6.45, 7) is 10.8. The second-order valence-electron chi connectivity index (χ2n) is 11.4. The van der Waals surface area contributed by atoms with Crippen LogP contribution in [0.25, 0.3) is 0 Å². The highest BCUT2D eigenvalue weighted by atomic mass is 28.4. The summed E-state index contributed by atoms with van der Waals surface area (Å²) < 4.78 is 29.7. The van der Waals surface area contributed by atoms with E-state index in [4.69, 9.17) is 9.47 Å². The predicted octanol–water partition coefficient (Wildman–Crippen LogP) is 2.84. The van der Waals surface area contributed by atoms with Crippen LogP contribution in [0.3, 0.4) is 0 Å². The molecular weight excluding hydrogens is 549 g/mol. The fraction of sp³-hybridized carbons (Fsp3) is 0.536. The number of ether oxygens (including phenoxy) is 2. The van der Waals surface area contributed by atoms with E-state index in [0.29, 0.717) is 42.0 Å². The molecule has 0 saturated carbocycles. The normalized spacial score (nSPS) is 27.4. The van der Waals surface area contributed by atoms with Crippen LogP contribution in [0.4, 0.5) is 15.5 Å². The van der Waals surface area contributed by atoms with Crippen molar-refractivity contribution < 1.29 is 33.1 Å². The molecule has 11 nitrogen and oxygen atoms in total. The Morgan fingerprint density at radius 2 is 2.12 bits per heavy atom. The highest BCUT2D eigenvalue weighted by molar-refractivity contribution is 6.72. The smallest absolute Gasteiger partial charge is 0.304 e. The number of halogens is 1. The minimum atomic E-state index is -3.37. The van der Waals surface area contributed by atoms with Crippen molar-refractivity contribution in [3.05, 3.63) is 48.3 Å². The maximum atomic E-state index is 16.1. The van der Waals surface area contributed by atoms with Crippen molar-refractivity contribution in [2.75, 3.05) is 23.0 Å². The van der Waals surface area contributed by atoms with Crippen LogP contribution in [0.5, 0.6) is 0 Å². The largest absolute Gasteiger partial charge is 0.441 e. The fourth-order valence-corrected chi connectivity index (χ4v) is 9.23. The lowest BCUT2D eigenvalue weighted by atomic mass is 9.82. The predicted molar refractivity (Wildman–Crippen MR) is 150 cm³/mol. The monoisotopic (exact) mass is 585 g/mol. The Kier molecular flexibility index (Phi) is 7.64. The molecule has 13 heteroatoms. The molecule has 5 rings (SSSR count). The van der Waals surface area contributed by atoms with Gasteiger partial charge in [-0.1, -0.05) is 18.2 Å². The maximum Gasteiger partial charge on any atom is 0.304 e. The topological polar surface area (TPSA) is 127 Å². The summed E-state index contributed by atoms with van der Waals surface area (Å²) in [5.41, 5.74) is 0.339. The van der Waals surface area contributed by atoms with E-state index in [0.717, 1.165) is 0 Å². The molecule has 1 aromatic heterocycles. The molecule has 0 radical (unpaired) electrons. The van der Waals surface area contributed by atoms with E-state index in [1.54, 1.807) is 53.1 Å². The number of aliphatic hydroxyl groups excluding tert-OH is 1. The fourth-order valence-electron chi connectivity index (χ4n) is 6.69. The molecule has 3 aliphatic rings. The van der Waals surface area contributed by atoms with Crippen molar-refractivity contribution in [1.82, 2.24) is 15.0 Å². The third-order valence-electron chi connectivity index (χ3n) is 8.34. The highest BCUT2D eigenvalue weighted by Crippen LogP contribution is 2.60. The summed E-state index contributed by atoms with van der Waals surface area (Å²) in [6.07, 6.45) is 2.93. The van der Waals surface area contributed by atoms with Crippen molar-refractivity contribution >= 4 is 37.6 Å². The van der Waals surface area contributed by atoms with Crippen LogP contribution in [0, 0.1) is 5.92 Å². The number of amides is 2. The number of hydrogen-bond donors (Lipinski definition) is 1. The number of aromatic nitrogens is 3. The second kappa shape index (κ2) is 10.8. The van der Waals surface area contributed by atoms with E-state index in [1.807, 2.05) is 6.92 Å². The van der Waals surface area contributed by atoms with Crippen molar-refractivity contribution in [1.29, 1.82) is 0 Å². The molecule has 220 valence electrons. The summed E-state index contributed by atoms with van der Waals surface area (Å²) >= 11 is 0. The molecule has 2 saturated heterocycles. The zero-order chi connectivity index (χ0) is 29.7. The molecule has 1 unspecified atom stereocenters. The van der Waals surface area contributed by atoms with Crippen LogP contribution in [-0.2, 0) is 42.4 Å². The summed E-state index contributed by atoms with van der Waals surface area (Å²) in [5, 5.41) is 17.4. The molecule has 4 heterocycles. The number of rotatable bonds is 10. The van der Waals surface area contributed by atoms with Crippen LogP contribution in [-0.4, -0.2) is 71.8 Å². The van der Waals surface area contributed by atoms with Gasteiger partial charge in [0.05, 0.1) is 23.9 Å². The first-order valence-corrected chi connectivity index (χ1v) is 16.8. The number of anilines is 2. The lowest BCUT2D eigenvalue weighted by Gasteiger charge is -2.39. The Morgan fingerprint density at radius 1 is 1.37 bits per heavy atom. The number of benzene rings is 1.